The van der Waals surface area contributed by atoms with Crippen molar-refractivity contribution in [1.82, 2.24) is 15.4 Å². The minimum Gasteiger partial charge on any atom is -0.393 e. The molecule has 0 unspecified atom stereocenters. The third-order valence-corrected chi connectivity index (χ3v) is 6.67. The molecule has 4 N–H and O–H groups in total. The largest absolute Gasteiger partial charge is 0.393 e. The average molecular weight is 375 g/mol. The van der Waals surface area contributed by atoms with E-state index >= 15 is 0 Å². The van der Waals surface area contributed by atoms with Gasteiger partial charge in [-0.05, 0) is 44.1 Å². The minimum absolute atomic E-state index is 0.186. The number of nitrogens with one attached hydrogen (secondary N) is 3. The van der Waals surface area contributed by atoms with Gasteiger partial charge in [0.15, 0.2) is 5.96 Å². The second-order valence-electron chi connectivity index (χ2n) is 5.74. The number of hydrogen-bond donors (Lipinski definition) is 4. The van der Waals surface area contributed by atoms with Gasteiger partial charge in [-0.15, -0.1) is 11.3 Å². The molecule has 1 aliphatic carbocycles. The topological polar surface area (TPSA) is 103 Å². The number of sulfonamides is 1. The molecule has 0 aromatic carbocycles. The molecule has 0 bridgehead atoms. The third kappa shape index (κ3) is 6.04. The molecule has 0 saturated heterocycles. The molecule has 0 radical (unpaired) electrons. The van der Waals surface area contributed by atoms with Crippen molar-refractivity contribution in [2.45, 2.75) is 49.0 Å². The molecule has 136 valence electrons. The lowest BCUT2D eigenvalue weighted by atomic mass is 9.93. The van der Waals surface area contributed by atoms with Crippen molar-refractivity contribution in [2.75, 3.05) is 19.6 Å². The summed E-state index contributed by atoms with van der Waals surface area (Å²) in [6.07, 6.45) is 3.25. The molecule has 24 heavy (non-hydrogen) atoms. The first-order valence-electron chi connectivity index (χ1n) is 8.27. The molecular weight excluding hydrogens is 348 g/mol. The highest BCUT2D eigenvalue weighted by molar-refractivity contribution is 7.91. The van der Waals surface area contributed by atoms with Crippen LogP contribution in [-0.2, 0) is 10.0 Å². The standard InChI is InChI=1S/C15H26N4O3S2/c1-2-16-15(19-12-5-7-13(20)8-6-12)17-9-10-18-24(21,22)14-4-3-11-23-14/h3-4,11-13,18,20H,2,5-10H2,1H3,(H2,16,17,19). The van der Waals surface area contributed by atoms with E-state index in [9.17, 15) is 13.5 Å². The van der Waals surface area contributed by atoms with Crippen LogP contribution >= 0.6 is 11.3 Å². The molecule has 1 aromatic heterocycles. The van der Waals surface area contributed by atoms with Crippen LogP contribution in [0.2, 0.25) is 0 Å². The number of thiophene rings is 1. The van der Waals surface area contributed by atoms with Crippen molar-refractivity contribution < 1.29 is 13.5 Å². The predicted molar refractivity (Wildman–Crippen MR) is 96.9 cm³/mol. The first-order valence-corrected chi connectivity index (χ1v) is 10.6. The Bertz CT molecular complexity index is 609. The van der Waals surface area contributed by atoms with E-state index < -0.39 is 10.0 Å². The quantitative estimate of drug-likeness (QED) is 0.322. The van der Waals surface area contributed by atoms with Crippen molar-refractivity contribution in [1.29, 1.82) is 0 Å². The summed E-state index contributed by atoms with van der Waals surface area (Å²) >= 11 is 1.19. The van der Waals surface area contributed by atoms with Crippen LogP contribution in [0.5, 0.6) is 0 Å². The van der Waals surface area contributed by atoms with Crippen LogP contribution in [0.1, 0.15) is 32.6 Å². The predicted octanol–water partition coefficient (Wildman–Crippen LogP) is 0.885. The first-order chi connectivity index (χ1) is 11.5. The fourth-order valence-corrected chi connectivity index (χ4v) is 4.63. The van der Waals surface area contributed by atoms with Crippen LogP contribution in [0.15, 0.2) is 26.7 Å². The zero-order valence-corrected chi connectivity index (χ0v) is 15.5. The summed E-state index contributed by atoms with van der Waals surface area (Å²) in [5.74, 6) is 0.689. The van der Waals surface area contributed by atoms with Crippen LogP contribution in [0, 0.1) is 0 Å². The molecule has 1 fully saturated rings. The Kier molecular flexibility index (Phi) is 7.47. The average Bonchev–Trinajstić information content (AvgIpc) is 3.09. The van der Waals surface area contributed by atoms with Crippen molar-refractivity contribution in [2.24, 2.45) is 4.99 Å². The van der Waals surface area contributed by atoms with Gasteiger partial charge in [-0.1, -0.05) is 6.07 Å². The van der Waals surface area contributed by atoms with E-state index in [1.54, 1.807) is 17.5 Å². The number of guanidine groups is 1. The summed E-state index contributed by atoms with van der Waals surface area (Å²) in [5, 5.41) is 17.8. The normalized spacial score (nSPS) is 22.3. The number of aliphatic hydroxyl groups excluding tert-OH is 1. The number of aliphatic hydroxyl groups is 1. The summed E-state index contributed by atoms with van der Waals surface area (Å²) in [4.78, 5) is 4.42. The molecule has 1 heterocycles. The zero-order chi connectivity index (χ0) is 17.4. The molecule has 0 amide bonds. The van der Waals surface area contributed by atoms with Crippen molar-refractivity contribution >= 4 is 27.3 Å². The minimum atomic E-state index is -3.43. The maximum atomic E-state index is 12.0. The summed E-state index contributed by atoms with van der Waals surface area (Å²) in [5.41, 5.74) is 0. The van der Waals surface area contributed by atoms with Gasteiger partial charge < -0.3 is 15.7 Å². The van der Waals surface area contributed by atoms with Crippen molar-refractivity contribution in [3.05, 3.63) is 17.5 Å². The molecule has 0 aliphatic heterocycles. The lowest BCUT2D eigenvalue weighted by Gasteiger charge is -2.27. The maximum Gasteiger partial charge on any atom is 0.250 e. The van der Waals surface area contributed by atoms with Crippen LogP contribution < -0.4 is 15.4 Å². The van der Waals surface area contributed by atoms with Crippen LogP contribution in [0.4, 0.5) is 0 Å². The summed E-state index contributed by atoms with van der Waals surface area (Å²) in [7, 11) is -3.43. The smallest absolute Gasteiger partial charge is 0.250 e. The molecule has 2 rings (SSSR count). The second-order valence-corrected chi connectivity index (χ2v) is 8.68. The van der Waals surface area contributed by atoms with E-state index in [2.05, 4.69) is 20.3 Å². The number of aliphatic imine (C=N–C) groups is 1. The van der Waals surface area contributed by atoms with Gasteiger partial charge in [-0.25, -0.2) is 13.1 Å². The highest BCUT2D eigenvalue weighted by atomic mass is 32.2. The fraction of sp³-hybridized carbons (Fsp3) is 0.667. The van der Waals surface area contributed by atoms with Gasteiger partial charge in [-0.2, -0.15) is 0 Å². The van der Waals surface area contributed by atoms with E-state index in [1.165, 1.54) is 11.3 Å². The van der Waals surface area contributed by atoms with Crippen LogP contribution in [0.25, 0.3) is 0 Å². The van der Waals surface area contributed by atoms with Crippen LogP contribution in [-0.4, -0.2) is 51.3 Å². The van der Waals surface area contributed by atoms with Gasteiger partial charge in [0.2, 0.25) is 10.0 Å². The summed E-state index contributed by atoms with van der Waals surface area (Å²) in [6.45, 7) is 3.33. The Morgan fingerprint density at radius 3 is 2.75 bits per heavy atom. The Morgan fingerprint density at radius 2 is 2.12 bits per heavy atom. The molecule has 7 nitrogen and oxygen atoms in total. The second kappa shape index (κ2) is 9.36. The molecule has 0 atom stereocenters. The van der Waals surface area contributed by atoms with Gasteiger partial charge in [0.1, 0.15) is 4.21 Å². The third-order valence-electron chi connectivity index (χ3n) is 3.82. The van der Waals surface area contributed by atoms with Gasteiger partial charge >= 0.3 is 0 Å². The van der Waals surface area contributed by atoms with Crippen molar-refractivity contribution in [3.8, 4) is 0 Å². The zero-order valence-electron chi connectivity index (χ0n) is 13.9. The molecule has 1 aliphatic rings. The summed E-state index contributed by atoms with van der Waals surface area (Å²) in [6, 6.07) is 3.60. The van der Waals surface area contributed by atoms with E-state index in [0.717, 1.165) is 32.2 Å². The van der Waals surface area contributed by atoms with E-state index in [-0.39, 0.29) is 12.6 Å². The van der Waals surface area contributed by atoms with Gasteiger partial charge in [0.25, 0.3) is 0 Å². The van der Waals surface area contributed by atoms with Crippen molar-refractivity contribution in [3.63, 3.8) is 0 Å². The highest BCUT2D eigenvalue weighted by Crippen LogP contribution is 2.18. The van der Waals surface area contributed by atoms with Gasteiger partial charge in [0, 0.05) is 19.1 Å². The molecule has 0 spiro atoms. The van der Waals surface area contributed by atoms with E-state index in [1.807, 2.05) is 6.92 Å². The SMILES string of the molecule is CCNC(=NCCNS(=O)(=O)c1cccs1)NC1CCC(O)CC1. The fourth-order valence-electron chi connectivity index (χ4n) is 2.57. The maximum absolute atomic E-state index is 12.0. The monoisotopic (exact) mass is 374 g/mol. The molecule has 9 heteroatoms. The Morgan fingerprint density at radius 1 is 1.38 bits per heavy atom. The number of hydrogen-bond acceptors (Lipinski definition) is 5. The van der Waals surface area contributed by atoms with Gasteiger partial charge in [-0.3, -0.25) is 4.99 Å². The molecule has 1 saturated carbocycles. The number of nitrogens with zero attached hydrogens (tertiary/aromatic N) is 1. The number of rotatable bonds is 7. The lowest BCUT2D eigenvalue weighted by molar-refractivity contribution is 0.120. The summed E-state index contributed by atoms with van der Waals surface area (Å²) < 4.78 is 26.9. The Labute approximate surface area is 147 Å². The van der Waals surface area contributed by atoms with E-state index in [4.69, 9.17) is 0 Å². The van der Waals surface area contributed by atoms with Gasteiger partial charge in [0.05, 0.1) is 12.6 Å². The Hall–Kier alpha value is -1.16. The highest BCUT2D eigenvalue weighted by Gasteiger charge is 2.20. The van der Waals surface area contributed by atoms with Crippen LogP contribution in [0.3, 0.4) is 0 Å². The molecule has 1 aromatic rings. The molecular formula is C15H26N4O3S2. The Balaban J connectivity index is 1.80. The first kappa shape index (κ1) is 19.2. The van der Waals surface area contributed by atoms with E-state index in [0.29, 0.717) is 22.8 Å². The lowest BCUT2D eigenvalue weighted by Crippen LogP contribution is -2.45.